The first-order valence-corrected chi connectivity index (χ1v) is 6.58. The molecule has 0 aliphatic carbocycles. The van der Waals surface area contributed by atoms with Crippen molar-refractivity contribution < 1.29 is 9.47 Å². The second-order valence-electron chi connectivity index (χ2n) is 3.19. The normalized spacial score (nSPS) is 14.8. The van der Waals surface area contributed by atoms with E-state index in [2.05, 4.69) is 19.6 Å². The van der Waals surface area contributed by atoms with Gasteiger partial charge in [0.1, 0.15) is 0 Å². The van der Waals surface area contributed by atoms with Crippen LogP contribution in [0.5, 0.6) is 0 Å². The largest absolute Gasteiger partial charge is 0.354 e. The van der Waals surface area contributed by atoms with Gasteiger partial charge in [-0.15, -0.1) is 0 Å². The van der Waals surface area contributed by atoms with Crippen LogP contribution in [0.1, 0.15) is 33.6 Å². The Morgan fingerprint density at radius 2 is 1.69 bits per heavy atom. The smallest absolute Gasteiger partial charge is 0.152 e. The van der Waals surface area contributed by atoms with E-state index in [1.54, 1.807) is 0 Å². The molecular weight excluding hydrogens is 200 g/mol. The zero-order valence-corrected chi connectivity index (χ0v) is 12.1. The van der Waals surface area contributed by atoms with Crippen LogP contribution in [0.25, 0.3) is 0 Å². The number of thiol groups is 1. The molecule has 0 amide bonds. The molecule has 0 fully saturated rings. The lowest BCUT2D eigenvalue weighted by Gasteiger charge is -2.34. The molecule has 13 heavy (non-hydrogen) atoms. The summed E-state index contributed by atoms with van der Waals surface area (Å²) in [5, 5.41) is 0.212. The molecule has 0 saturated heterocycles. The van der Waals surface area contributed by atoms with E-state index in [0.717, 1.165) is 23.1 Å². The predicted octanol–water partition coefficient (Wildman–Crippen LogP) is 1.18. The average molecular weight is 222 g/mol. The monoisotopic (exact) mass is 222 g/mol. The lowest BCUT2D eigenvalue weighted by Crippen LogP contribution is -2.45. The Morgan fingerprint density at radius 3 is 2.00 bits per heavy atom. The van der Waals surface area contributed by atoms with Crippen LogP contribution in [0, 0.1) is 0 Å². The SMILES string of the molecule is CCCC(S)C([SiH3])(OCC)OCC. The van der Waals surface area contributed by atoms with E-state index < -0.39 is 0 Å². The van der Waals surface area contributed by atoms with Crippen LogP contribution in [0.2, 0.25) is 0 Å². The number of ether oxygens (including phenoxy) is 2. The Morgan fingerprint density at radius 1 is 1.23 bits per heavy atom. The second-order valence-corrected chi connectivity index (χ2v) is 5.20. The maximum Gasteiger partial charge on any atom is 0.152 e. The molecule has 0 aromatic rings. The summed E-state index contributed by atoms with van der Waals surface area (Å²) in [6, 6.07) is 0. The Hall–Kier alpha value is 0.487. The molecule has 0 aromatic heterocycles. The first-order chi connectivity index (χ1) is 6.10. The summed E-state index contributed by atoms with van der Waals surface area (Å²) in [5.41, 5.74) is -0.386. The maximum atomic E-state index is 5.65. The molecule has 0 rings (SSSR count). The summed E-state index contributed by atoms with van der Waals surface area (Å²) in [7, 11) is 0.865. The van der Waals surface area contributed by atoms with Gasteiger partial charge in [0.2, 0.25) is 0 Å². The topological polar surface area (TPSA) is 18.5 Å². The first-order valence-electron chi connectivity index (χ1n) is 5.06. The summed E-state index contributed by atoms with van der Waals surface area (Å²) in [4.78, 5) is 0. The van der Waals surface area contributed by atoms with Gasteiger partial charge in [-0.05, 0) is 20.3 Å². The van der Waals surface area contributed by atoms with Crippen molar-refractivity contribution in [3.05, 3.63) is 0 Å². The van der Waals surface area contributed by atoms with E-state index >= 15 is 0 Å². The van der Waals surface area contributed by atoms with Crippen LogP contribution in [0.3, 0.4) is 0 Å². The fraction of sp³-hybridized carbons (Fsp3) is 1.00. The van der Waals surface area contributed by atoms with Crippen molar-refractivity contribution in [3.63, 3.8) is 0 Å². The van der Waals surface area contributed by atoms with Crippen molar-refractivity contribution in [1.82, 2.24) is 0 Å². The molecule has 0 spiro atoms. The quantitative estimate of drug-likeness (QED) is 0.396. The molecule has 1 atom stereocenters. The molecular formula is C9H22O2SSi. The Kier molecular flexibility index (Phi) is 7.13. The third-order valence-electron chi connectivity index (χ3n) is 2.03. The predicted molar refractivity (Wildman–Crippen MR) is 63.6 cm³/mol. The molecule has 1 unspecified atom stereocenters. The fourth-order valence-electron chi connectivity index (χ4n) is 1.34. The van der Waals surface area contributed by atoms with E-state index in [4.69, 9.17) is 9.47 Å². The fourth-order valence-corrected chi connectivity index (χ4v) is 2.62. The van der Waals surface area contributed by atoms with Gasteiger partial charge in [-0.25, -0.2) is 0 Å². The zero-order valence-electron chi connectivity index (χ0n) is 9.17. The molecule has 80 valence electrons. The molecule has 0 aliphatic heterocycles. The van der Waals surface area contributed by atoms with Crippen molar-refractivity contribution in [2.45, 2.75) is 44.3 Å². The van der Waals surface area contributed by atoms with Gasteiger partial charge in [-0.1, -0.05) is 13.3 Å². The van der Waals surface area contributed by atoms with Crippen molar-refractivity contribution >= 4 is 22.9 Å². The van der Waals surface area contributed by atoms with Crippen molar-refractivity contribution in [3.8, 4) is 0 Å². The highest BCUT2D eigenvalue weighted by Gasteiger charge is 2.31. The Labute approximate surface area is 90.2 Å². The summed E-state index contributed by atoms with van der Waals surface area (Å²) < 4.78 is 11.3. The van der Waals surface area contributed by atoms with Crippen LogP contribution in [-0.4, -0.2) is 34.1 Å². The van der Waals surface area contributed by atoms with Gasteiger partial charge in [0.05, 0.1) is 15.5 Å². The molecule has 0 heterocycles. The van der Waals surface area contributed by atoms with Crippen LogP contribution in [0.4, 0.5) is 0 Å². The maximum absolute atomic E-state index is 5.65. The van der Waals surface area contributed by atoms with Crippen molar-refractivity contribution in [2.24, 2.45) is 0 Å². The van der Waals surface area contributed by atoms with Crippen LogP contribution in [0.15, 0.2) is 0 Å². The van der Waals surface area contributed by atoms with E-state index in [-0.39, 0.29) is 10.7 Å². The zero-order chi connectivity index (χ0) is 10.3. The molecule has 0 aliphatic rings. The van der Waals surface area contributed by atoms with Crippen molar-refractivity contribution in [2.75, 3.05) is 13.2 Å². The number of rotatable bonds is 7. The van der Waals surface area contributed by atoms with Gasteiger partial charge >= 0.3 is 0 Å². The van der Waals surface area contributed by atoms with E-state index in [1.165, 1.54) is 0 Å². The molecule has 0 aromatic carbocycles. The number of hydrogen-bond acceptors (Lipinski definition) is 3. The Balaban J connectivity index is 4.18. The van der Waals surface area contributed by atoms with Gasteiger partial charge < -0.3 is 9.47 Å². The van der Waals surface area contributed by atoms with Gasteiger partial charge in [0.25, 0.3) is 0 Å². The summed E-state index contributed by atoms with van der Waals surface area (Å²) in [6.07, 6.45) is 2.17. The minimum Gasteiger partial charge on any atom is -0.354 e. The van der Waals surface area contributed by atoms with E-state index in [1.807, 2.05) is 13.8 Å². The highest BCUT2D eigenvalue weighted by molar-refractivity contribution is 7.81. The molecule has 4 heteroatoms. The molecule has 2 nitrogen and oxygen atoms in total. The molecule has 0 bridgehead atoms. The van der Waals surface area contributed by atoms with Gasteiger partial charge in [0, 0.05) is 13.2 Å². The van der Waals surface area contributed by atoms with Gasteiger partial charge in [0.15, 0.2) is 5.41 Å². The number of hydrogen-bond donors (Lipinski definition) is 1. The van der Waals surface area contributed by atoms with Crippen LogP contribution >= 0.6 is 12.6 Å². The summed E-state index contributed by atoms with van der Waals surface area (Å²) in [6.45, 7) is 7.55. The molecule has 0 saturated carbocycles. The highest BCUT2D eigenvalue weighted by Crippen LogP contribution is 2.23. The second kappa shape index (κ2) is 6.87. The minimum absolute atomic E-state index is 0.212. The first kappa shape index (κ1) is 13.5. The van der Waals surface area contributed by atoms with E-state index in [9.17, 15) is 0 Å². The molecule has 0 radical (unpaired) electrons. The van der Waals surface area contributed by atoms with E-state index in [0.29, 0.717) is 13.2 Å². The van der Waals surface area contributed by atoms with Crippen molar-refractivity contribution in [1.29, 1.82) is 0 Å². The van der Waals surface area contributed by atoms with Crippen LogP contribution < -0.4 is 0 Å². The lowest BCUT2D eigenvalue weighted by molar-refractivity contribution is -0.172. The highest BCUT2D eigenvalue weighted by atomic mass is 32.1. The lowest BCUT2D eigenvalue weighted by atomic mass is 10.2. The third kappa shape index (κ3) is 4.49. The van der Waals surface area contributed by atoms with Gasteiger partial charge in [-0.2, -0.15) is 12.6 Å². The Bertz CT molecular complexity index is 127. The summed E-state index contributed by atoms with van der Waals surface area (Å²) in [5.74, 6) is 0. The third-order valence-corrected chi connectivity index (χ3v) is 4.52. The standard InChI is InChI=1S/C9H22O2SSi/c1-4-7-8(12)9(13,10-5-2)11-6-3/h8,12H,4-7H2,1-3,13H3. The minimum atomic E-state index is -0.386. The average Bonchev–Trinajstić information content (AvgIpc) is 2.05. The van der Waals surface area contributed by atoms with Crippen LogP contribution in [-0.2, 0) is 9.47 Å². The van der Waals surface area contributed by atoms with Gasteiger partial charge in [-0.3, -0.25) is 0 Å². The summed E-state index contributed by atoms with van der Waals surface area (Å²) >= 11 is 4.54. The molecule has 0 N–H and O–H groups in total.